The second-order valence-electron chi connectivity index (χ2n) is 5.50. The molecule has 0 saturated heterocycles. The Morgan fingerprint density at radius 2 is 1.41 bits per heavy atom. The van der Waals surface area contributed by atoms with Crippen molar-refractivity contribution < 1.29 is 0 Å². The van der Waals surface area contributed by atoms with Gasteiger partial charge in [0, 0.05) is 11.8 Å². The van der Waals surface area contributed by atoms with Crippen LogP contribution >= 0.6 is 0 Å². The first-order valence-corrected chi connectivity index (χ1v) is 7.50. The van der Waals surface area contributed by atoms with Gasteiger partial charge in [-0.25, -0.2) is 0 Å². The summed E-state index contributed by atoms with van der Waals surface area (Å²) in [6.45, 7) is 4.19. The molecule has 1 heteroatoms. The molecular formula is C21H19N. The minimum absolute atomic E-state index is 1.01. The SMILES string of the molecule is Cc1ccc(-c2ccccc2/C=C/c2ccccc2C)nc1. The summed E-state index contributed by atoms with van der Waals surface area (Å²) in [5.41, 5.74) is 7.06. The highest BCUT2D eigenvalue weighted by molar-refractivity contribution is 5.80. The Hall–Kier alpha value is -2.67. The van der Waals surface area contributed by atoms with Crippen LogP contribution in [0.4, 0.5) is 0 Å². The zero-order chi connectivity index (χ0) is 15.4. The van der Waals surface area contributed by atoms with Gasteiger partial charge in [0.05, 0.1) is 5.69 Å². The third kappa shape index (κ3) is 3.15. The van der Waals surface area contributed by atoms with Gasteiger partial charge in [-0.05, 0) is 42.2 Å². The third-order valence-corrected chi connectivity index (χ3v) is 3.78. The van der Waals surface area contributed by atoms with E-state index in [0.29, 0.717) is 0 Å². The molecule has 22 heavy (non-hydrogen) atoms. The molecule has 108 valence electrons. The Labute approximate surface area is 132 Å². The van der Waals surface area contributed by atoms with Gasteiger partial charge in [-0.1, -0.05) is 66.7 Å². The number of benzene rings is 2. The van der Waals surface area contributed by atoms with Crippen molar-refractivity contribution in [2.75, 3.05) is 0 Å². The molecule has 0 atom stereocenters. The quantitative estimate of drug-likeness (QED) is 0.576. The Bertz CT molecular complexity index is 798. The van der Waals surface area contributed by atoms with Crippen LogP contribution in [0.5, 0.6) is 0 Å². The maximum Gasteiger partial charge on any atom is 0.0708 e. The van der Waals surface area contributed by atoms with Gasteiger partial charge in [0.1, 0.15) is 0 Å². The van der Waals surface area contributed by atoms with Gasteiger partial charge in [0.2, 0.25) is 0 Å². The van der Waals surface area contributed by atoms with E-state index in [1.807, 2.05) is 6.20 Å². The normalized spacial score (nSPS) is 11.0. The molecule has 0 unspecified atom stereocenters. The first kappa shape index (κ1) is 14.3. The summed E-state index contributed by atoms with van der Waals surface area (Å²) in [5.74, 6) is 0. The average molecular weight is 285 g/mol. The molecule has 0 amide bonds. The molecule has 2 aromatic carbocycles. The second-order valence-corrected chi connectivity index (χ2v) is 5.50. The largest absolute Gasteiger partial charge is 0.256 e. The highest BCUT2D eigenvalue weighted by Crippen LogP contribution is 2.24. The molecule has 3 rings (SSSR count). The van der Waals surface area contributed by atoms with Gasteiger partial charge >= 0.3 is 0 Å². The molecule has 0 aliphatic carbocycles. The van der Waals surface area contributed by atoms with Crippen molar-refractivity contribution in [3.05, 3.63) is 89.1 Å². The van der Waals surface area contributed by atoms with Crippen molar-refractivity contribution in [3.8, 4) is 11.3 Å². The van der Waals surface area contributed by atoms with E-state index in [1.54, 1.807) is 0 Å². The third-order valence-electron chi connectivity index (χ3n) is 3.78. The van der Waals surface area contributed by atoms with Crippen molar-refractivity contribution >= 4 is 12.2 Å². The Balaban J connectivity index is 1.98. The molecule has 1 nitrogen and oxygen atoms in total. The van der Waals surface area contributed by atoms with E-state index in [-0.39, 0.29) is 0 Å². The van der Waals surface area contributed by atoms with Crippen LogP contribution in [-0.4, -0.2) is 4.98 Å². The zero-order valence-electron chi connectivity index (χ0n) is 13.0. The van der Waals surface area contributed by atoms with Gasteiger partial charge < -0.3 is 0 Å². The monoisotopic (exact) mass is 285 g/mol. The predicted octanol–water partition coefficient (Wildman–Crippen LogP) is 5.54. The van der Waals surface area contributed by atoms with Crippen LogP contribution in [0, 0.1) is 13.8 Å². The Morgan fingerprint density at radius 3 is 2.14 bits per heavy atom. The standard InChI is InChI=1S/C21H19N/c1-16-11-14-21(22-15-16)20-10-6-5-9-19(20)13-12-18-8-4-3-7-17(18)2/h3-15H,1-2H3/b13-12+. The summed E-state index contributed by atoms with van der Waals surface area (Å²) in [4.78, 5) is 4.55. The maximum absolute atomic E-state index is 4.55. The van der Waals surface area contributed by atoms with Crippen molar-refractivity contribution in [1.82, 2.24) is 4.98 Å². The van der Waals surface area contributed by atoms with Gasteiger partial charge in [-0.15, -0.1) is 0 Å². The van der Waals surface area contributed by atoms with E-state index in [1.165, 1.54) is 22.3 Å². The van der Waals surface area contributed by atoms with E-state index >= 15 is 0 Å². The molecule has 1 heterocycles. The minimum atomic E-state index is 1.01. The first-order valence-electron chi connectivity index (χ1n) is 7.50. The fourth-order valence-corrected chi connectivity index (χ4v) is 2.46. The number of hydrogen-bond donors (Lipinski definition) is 0. The van der Waals surface area contributed by atoms with Crippen molar-refractivity contribution in [2.45, 2.75) is 13.8 Å². The molecule has 0 aliphatic heterocycles. The maximum atomic E-state index is 4.55. The lowest BCUT2D eigenvalue weighted by atomic mass is 10.0. The number of nitrogens with zero attached hydrogens (tertiary/aromatic N) is 1. The second kappa shape index (κ2) is 6.40. The van der Waals surface area contributed by atoms with E-state index in [0.717, 1.165) is 11.3 Å². The van der Waals surface area contributed by atoms with E-state index in [2.05, 4.69) is 91.6 Å². The molecule has 1 aromatic heterocycles. The van der Waals surface area contributed by atoms with Crippen molar-refractivity contribution in [2.24, 2.45) is 0 Å². The fraction of sp³-hybridized carbons (Fsp3) is 0.0952. The summed E-state index contributed by atoms with van der Waals surface area (Å²) in [6.07, 6.45) is 6.25. The van der Waals surface area contributed by atoms with Crippen molar-refractivity contribution in [1.29, 1.82) is 0 Å². The van der Waals surface area contributed by atoms with Crippen LogP contribution in [0.2, 0.25) is 0 Å². The smallest absolute Gasteiger partial charge is 0.0708 e. The van der Waals surface area contributed by atoms with Gasteiger partial charge in [-0.3, -0.25) is 4.98 Å². The van der Waals surface area contributed by atoms with Crippen LogP contribution < -0.4 is 0 Å². The number of rotatable bonds is 3. The number of hydrogen-bond acceptors (Lipinski definition) is 1. The lowest BCUT2D eigenvalue weighted by Gasteiger charge is -2.06. The molecule has 0 spiro atoms. The van der Waals surface area contributed by atoms with E-state index < -0.39 is 0 Å². The highest BCUT2D eigenvalue weighted by Gasteiger charge is 2.03. The average Bonchev–Trinajstić information content (AvgIpc) is 2.55. The summed E-state index contributed by atoms with van der Waals surface area (Å²) >= 11 is 0. The highest BCUT2D eigenvalue weighted by atomic mass is 14.7. The summed E-state index contributed by atoms with van der Waals surface area (Å²) in [5, 5.41) is 0. The summed E-state index contributed by atoms with van der Waals surface area (Å²) in [6, 6.07) is 21.0. The predicted molar refractivity (Wildman–Crippen MR) is 94.5 cm³/mol. The van der Waals surface area contributed by atoms with Gasteiger partial charge in [0.25, 0.3) is 0 Å². The molecule has 0 saturated carbocycles. The fourth-order valence-electron chi connectivity index (χ4n) is 2.46. The summed E-state index contributed by atoms with van der Waals surface area (Å²) in [7, 11) is 0. The number of aromatic nitrogens is 1. The lowest BCUT2D eigenvalue weighted by molar-refractivity contribution is 1.27. The van der Waals surface area contributed by atoms with Crippen LogP contribution in [0.3, 0.4) is 0 Å². The van der Waals surface area contributed by atoms with Gasteiger partial charge in [0.15, 0.2) is 0 Å². The van der Waals surface area contributed by atoms with Crippen LogP contribution in [0.1, 0.15) is 22.3 Å². The molecular weight excluding hydrogens is 266 g/mol. The summed E-state index contributed by atoms with van der Waals surface area (Å²) < 4.78 is 0. The lowest BCUT2D eigenvalue weighted by Crippen LogP contribution is -1.87. The van der Waals surface area contributed by atoms with Crippen molar-refractivity contribution in [3.63, 3.8) is 0 Å². The topological polar surface area (TPSA) is 12.9 Å². The Morgan fingerprint density at radius 1 is 0.727 bits per heavy atom. The minimum Gasteiger partial charge on any atom is -0.256 e. The molecule has 0 N–H and O–H groups in total. The zero-order valence-corrected chi connectivity index (χ0v) is 13.0. The van der Waals surface area contributed by atoms with Crippen LogP contribution in [-0.2, 0) is 0 Å². The van der Waals surface area contributed by atoms with E-state index in [9.17, 15) is 0 Å². The number of pyridine rings is 1. The number of aryl methyl sites for hydroxylation is 2. The van der Waals surface area contributed by atoms with Crippen LogP contribution in [0.15, 0.2) is 66.9 Å². The molecule has 0 aliphatic rings. The molecule has 0 radical (unpaired) electrons. The van der Waals surface area contributed by atoms with E-state index in [4.69, 9.17) is 0 Å². The van der Waals surface area contributed by atoms with Gasteiger partial charge in [-0.2, -0.15) is 0 Å². The van der Waals surface area contributed by atoms with Crippen LogP contribution in [0.25, 0.3) is 23.4 Å². The molecule has 3 aromatic rings. The Kier molecular flexibility index (Phi) is 4.15. The molecule has 0 bridgehead atoms. The first-order chi connectivity index (χ1) is 10.7. The molecule has 0 fully saturated rings.